The lowest BCUT2D eigenvalue weighted by molar-refractivity contribution is -0.0328. The van der Waals surface area contributed by atoms with Gasteiger partial charge in [-0.3, -0.25) is 4.90 Å². The van der Waals surface area contributed by atoms with Crippen molar-refractivity contribution in [2.75, 3.05) is 39.1 Å². The molecule has 0 aromatic rings. The number of amidine groups is 1. The van der Waals surface area contributed by atoms with Gasteiger partial charge in [-0.2, -0.15) is 13.2 Å². The van der Waals surface area contributed by atoms with E-state index in [1.54, 1.807) is 4.90 Å². The highest BCUT2D eigenvalue weighted by Crippen LogP contribution is 2.29. The van der Waals surface area contributed by atoms with Gasteiger partial charge >= 0.3 is 5.51 Å². The lowest BCUT2D eigenvalue weighted by Crippen LogP contribution is -2.33. The molecule has 9 heteroatoms. The Kier molecular flexibility index (Phi) is 8.94. The molecular weight excluding hydrogens is 271 g/mol. The molecule has 0 aliphatic carbocycles. The molecule has 0 atom stereocenters. The molecule has 108 valence electrons. The van der Waals surface area contributed by atoms with Gasteiger partial charge in [0.2, 0.25) is 0 Å². The van der Waals surface area contributed by atoms with Crippen molar-refractivity contribution < 1.29 is 23.1 Å². The normalized spacial score (nSPS) is 13.3. The Labute approximate surface area is 108 Å². The summed E-state index contributed by atoms with van der Waals surface area (Å²) in [4.78, 5) is 1.78. The first kappa shape index (κ1) is 17.3. The summed E-state index contributed by atoms with van der Waals surface area (Å²) in [5.41, 5.74) is 1.09. The standard InChI is InChI=1S/C9H18F3N3O2S/c1-17-6-4-15(3-2-8(13)14-16)5-7-18-9(10,11)12/h16H,2-7H2,1H3,(H2,13,14). The average Bonchev–Trinajstić information content (AvgIpc) is 2.29. The van der Waals surface area contributed by atoms with E-state index in [9.17, 15) is 13.2 Å². The summed E-state index contributed by atoms with van der Waals surface area (Å²) in [6.07, 6.45) is 0.302. The van der Waals surface area contributed by atoms with E-state index in [2.05, 4.69) is 5.16 Å². The van der Waals surface area contributed by atoms with Crippen molar-refractivity contribution in [1.29, 1.82) is 0 Å². The third kappa shape index (κ3) is 10.5. The molecule has 0 aromatic heterocycles. The number of nitrogens with two attached hydrogens (primary N) is 1. The highest BCUT2D eigenvalue weighted by molar-refractivity contribution is 8.00. The van der Waals surface area contributed by atoms with E-state index in [0.29, 0.717) is 26.1 Å². The van der Waals surface area contributed by atoms with Crippen LogP contribution in [0, 0.1) is 0 Å². The molecule has 0 aromatic carbocycles. The summed E-state index contributed by atoms with van der Waals surface area (Å²) < 4.78 is 40.8. The maximum absolute atomic E-state index is 12.0. The third-order valence-electron chi connectivity index (χ3n) is 2.10. The van der Waals surface area contributed by atoms with Gasteiger partial charge in [-0.25, -0.2) is 0 Å². The van der Waals surface area contributed by atoms with Gasteiger partial charge in [0.1, 0.15) is 5.84 Å². The Bertz CT molecular complexity index is 252. The van der Waals surface area contributed by atoms with Gasteiger partial charge < -0.3 is 15.7 Å². The van der Waals surface area contributed by atoms with Gasteiger partial charge in [-0.15, -0.1) is 0 Å². The van der Waals surface area contributed by atoms with Crippen molar-refractivity contribution in [3.63, 3.8) is 0 Å². The van der Waals surface area contributed by atoms with Crippen LogP contribution in [0.1, 0.15) is 6.42 Å². The van der Waals surface area contributed by atoms with Crippen LogP contribution in [0.4, 0.5) is 13.2 Å². The van der Waals surface area contributed by atoms with Crippen molar-refractivity contribution in [2.24, 2.45) is 10.9 Å². The predicted octanol–water partition coefficient (Wildman–Crippen LogP) is 1.32. The van der Waals surface area contributed by atoms with E-state index in [1.165, 1.54) is 7.11 Å². The SMILES string of the molecule is COCCN(CCSC(F)(F)F)CCC(N)=NO. The molecule has 0 fully saturated rings. The first-order valence-corrected chi connectivity index (χ1v) is 6.26. The van der Waals surface area contributed by atoms with Gasteiger partial charge in [0.25, 0.3) is 0 Å². The van der Waals surface area contributed by atoms with Crippen molar-refractivity contribution in [3.05, 3.63) is 0 Å². The summed E-state index contributed by atoms with van der Waals surface area (Å²) in [6.45, 7) is 1.63. The molecule has 0 aliphatic rings. The van der Waals surface area contributed by atoms with Gasteiger partial charge in [-0.1, -0.05) is 5.16 Å². The second-order valence-corrected chi connectivity index (χ2v) is 4.63. The molecule has 0 bridgehead atoms. The summed E-state index contributed by atoms with van der Waals surface area (Å²) in [5.74, 6) is 0.00419. The first-order chi connectivity index (χ1) is 8.39. The molecule has 5 nitrogen and oxygen atoms in total. The van der Waals surface area contributed by atoms with Crippen molar-refractivity contribution in [2.45, 2.75) is 11.9 Å². The molecule has 18 heavy (non-hydrogen) atoms. The zero-order valence-corrected chi connectivity index (χ0v) is 10.9. The predicted molar refractivity (Wildman–Crippen MR) is 64.9 cm³/mol. The van der Waals surface area contributed by atoms with Gasteiger partial charge in [0.15, 0.2) is 0 Å². The van der Waals surface area contributed by atoms with Crippen molar-refractivity contribution in [1.82, 2.24) is 4.90 Å². The molecular formula is C9H18F3N3O2S. The van der Waals surface area contributed by atoms with Gasteiger partial charge in [0, 0.05) is 38.9 Å². The second kappa shape index (κ2) is 9.29. The Morgan fingerprint density at radius 2 is 2.06 bits per heavy atom. The topological polar surface area (TPSA) is 71.1 Å². The van der Waals surface area contributed by atoms with Crippen molar-refractivity contribution in [3.8, 4) is 0 Å². The maximum Gasteiger partial charge on any atom is 0.441 e. The summed E-state index contributed by atoms with van der Waals surface area (Å²) in [6, 6.07) is 0. The van der Waals surface area contributed by atoms with E-state index >= 15 is 0 Å². The first-order valence-electron chi connectivity index (χ1n) is 5.27. The van der Waals surface area contributed by atoms with E-state index in [4.69, 9.17) is 15.7 Å². The maximum atomic E-state index is 12.0. The third-order valence-corrected chi connectivity index (χ3v) is 2.81. The van der Waals surface area contributed by atoms with Crippen LogP contribution in [-0.2, 0) is 4.74 Å². The highest BCUT2D eigenvalue weighted by atomic mass is 32.2. The number of oxime groups is 1. The lowest BCUT2D eigenvalue weighted by Gasteiger charge is -2.21. The van der Waals surface area contributed by atoms with E-state index in [-0.39, 0.29) is 29.9 Å². The van der Waals surface area contributed by atoms with Gasteiger partial charge in [0.05, 0.1) is 6.61 Å². The number of ether oxygens (including phenoxy) is 1. The zero-order valence-electron chi connectivity index (χ0n) is 10.1. The summed E-state index contributed by atoms with van der Waals surface area (Å²) in [7, 11) is 1.52. The van der Waals surface area contributed by atoms with E-state index in [1.807, 2.05) is 0 Å². The molecule has 0 saturated carbocycles. The number of hydrogen-bond acceptors (Lipinski definition) is 5. The fraction of sp³-hybridized carbons (Fsp3) is 0.889. The molecule has 3 N–H and O–H groups in total. The number of nitrogens with zero attached hydrogens (tertiary/aromatic N) is 2. The quantitative estimate of drug-likeness (QED) is 0.290. The number of alkyl halides is 3. The Balaban J connectivity index is 3.98. The molecule has 0 radical (unpaired) electrons. The van der Waals surface area contributed by atoms with Crippen LogP contribution < -0.4 is 5.73 Å². The van der Waals surface area contributed by atoms with Crippen LogP contribution in [0.3, 0.4) is 0 Å². The second-order valence-electron chi connectivity index (χ2n) is 3.47. The van der Waals surface area contributed by atoms with Crippen LogP contribution >= 0.6 is 11.8 Å². The van der Waals surface area contributed by atoms with E-state index in [0.717, 1.165) is 0 Å². The van der Waals surface area contributed by atoms with Crippen LogP contribution in [0.15, 0.2) is 5.16 Å². The molecule has 0 amide bonds. The number of methoxy groups -OCH3 is 1. The van der Waals surface area contributed by atoms with E-state index < -0.39 is 5.51 Å². The lowest BCUT2D eigenvalue weighted by atomic mass is 10.3. The van der Waals surface area contributed by atoms with Crippen LogP contribution in [0.25, 0.3) is 0 Å². The average molecular weight is 289 g/mol. The number of hydrogen-bond donors (Lipinski definition) is 2. The fourth-order valence-electron chi connectivity index (χ4n) is 1.17. The molecule has 0 unspecified atom stereocenters. The molecule has 0 rings (SSSR count). The Morgan fingerprint density at radius 3 is 2.56 bits per heavy atom. The minimum atomic E-state index is -4.21. The van der Waals surface area contributed by atoms with Crippen LogP contribution in [0.2, 0.25) is 0 Å². The molecule has 0 saturated heterocycles. The monoisotopic (exact) mass is 289 g/mol. The Morgan fingerprint density at radius 1 is 1.39 bits per heavy atom. The summed E-state index contributed by atoms with van der Waals surface area (Å²) >= 11 is -0.0580. The largest absolute Gasteiger partial charge is 0.441 e. The minimum absolute atomic E-state index is 0.0522. The molecule has 0 aliphatic heterocycles. The number of rotatable bonds is 9. The van der Waals surface area contributed by atoms with Crippen molar-refractivity contribution >= 4 is 17.6 Å². The fourth-order valence-corrected chi connectivity index (χ4v) is 1.75. The van der Waals surface area contributed by atoms with Crippen LogP contribution in [0.5, 0.6) is 0 Å². The Hall–Kier alpha value is -0.670. The summed E-state index contributed by atoms with van der Waals surface area (Å²) in [5, 5.41) is 11.2. The smallest absolute Gasteiger partial charge is 0.409 e. The minimum Gasteiger partial charge on any atom is -0.409 e. The number of thioether (sulfide) groups is 1. The zero-order chi connectivity index (χ0) is 14.0. The van der Waals surface area contributed by atoms with Gasteiger partial charge in [-0.05, 0) is 11.8 Å². The number of halogens is 3. The molecule has 0 heterocycles. The molecule has 0 spiro atoms. The highest BCUT2D eigenvalue weighted by Gasteiger charge is 2.27. The van der Waals surface area contributed by atoms with Crippen LogP contribution in [-0.4, -0.2) is 60.6 Å².